The number of aryl methyl sites for hydroxylation is 1. The van der Waals surface area contributed by atoms with E-state index in [1.54, 1.807) is 11.1 Å². The largest absolute Gasteiger partial charge is 0.378 e. The molecular weight excluding hydrogens is 230 g/mol. The van der Waals surface area contributed by atoms with Crippen molar-refractivity contribution >= 4 is 5.69 Å². The fourth-order valence-corrected chi connectivity index (χ4v) is 3.07. The number of nitrogens with zero attached hydrogens (tertiary/aromatic N) is 1. The van der Waals surface area contributed by atoms with Crippen molar-refractivity contribution in [3.8, 4) is 0 Å². The molecule has 3 rings (SSSR count). The standard InChI is InChI=1S/C18H21N/c1-19(2)17-11-7-14(8-12-17)13-16-10-9-15-5-3-4-6-18(15)16/h3-8,11-12,16H,9-10,13H2,1-2H3. The Morgan fingerprint density at radius 1 is 1.00 bits per heavy atom. The van der Waals surface area contributed by atoms with Crippen molar-refractivity contribution in [2.24, 2.45) is 0 Å². The molecule has 2 aromatic carbocycles. The Bertz CT molecular complexity index is 554. The lowest BCUT2D eigenvalue weighted by molar-refractivity contribution is 0.674. The Hall–Kier alpha value is -1.76. The van der Waals surface area contributed by atoms with Gasteiger partial charge in [-0.1, -0.05) is 36.4 Å². The molecule has 2 aromatic rings. The molecule has 1 aliphatic rings. The maximum absolute atomic E-state index is 2.31. The van der Waals surface area contributed by atoms with E-state index in [-0.39, 0.29) is 0 Å². The normalized spacial score (nSPS) is 17.3. The highest BCUT2D eigenvalue weighted by Gasteiger charge is 2.21. The summed E-state index contributed by atoms with van der Waals surface area (Å²) in [4.78, 5) is 2.15. The third-order valence-corrected chi connectivity index (χ3v) is 4.19. The summed E-state index contributed by atoms with van der Waals surface area (Å²) in [5, 5.41) is 0. The van der Waals surface area contributed by atoms with Gasteiger partial charge in [0.05, 0.1) is 0 Å². The Morgan fingerprint density at radius 3 is 2.47 bits per heavy atom. The van der Waals surface area contributed by atoms with Gasteiger partial charge in [-0.15, -0.1) is 0 Å². The summed E-state index contributed by atoms with van der Waals surface area (Å²) in [6, 6.07) is 17.9. The number of benzene rings is 2. The van der Waals surface area contributed by atoms with Crippen LogP contribution in [0.15, 0.2) is 48.5 Å². The molecule has 0 fully saturated rings. The van der Waals surface area contributed by atoms with Crippen LogP contribution in [0.1, 0.15) is 29.0 Å². The number of hydrogen-bond acceptors (Lipinski definition) is 1. The van der Waals surface area contributed by atoms with Gasteiger partial charge < -0.3 is 4.90 Å². The minimum absolute atomic E-state index is 0.710. The topological polar surface area (TPSA) is 3.24 Å². The maximum atomic E-state index is 2.31. The van der Waals surface area contributed by atoms with Gasteiger partial charge in [0.2, 0.25) is 0 Å². The first-order valence-corrected chi connectivity index (χ1v) is 7.08. The van der Waals surface area contributed by atoms with Gasteiger partial charge in [0, 0.05) is 19.8 Å². The lowest BCUT2D eigenvalue weighted by Crippen LogP contribution is -2.08. The third-order valence-electron chi connectivity index (χ3n) is 4.19. The zero-order valence-corrected chi connectivity index (χ0v) is 11.8. The molecule has 0 heterocycles. The molecule has 1 nitrogen and oxygen atoms in total. The van der Waals surface area contributed by atoms with Crippen molar-refractivity contribution in [3.63, 3.8) is 0 Å². The van der Waals surface area contributed by atoms with Crippen molar-refractivity contribution in [2.75, 3.05) is 19.0 Å². The van der Waals surface area contributed by atoms with Crippen molar-refractivity contribution in [1.82, 2.24) is 0 Å². The second-order valence-corrected chi connectivity index (χ2v) is 5.70. The summed E-state index contributed by atoms with van der Waals surface area (Å²) in [6.07, 6.45) is 3.72. The summed E-state index contributed by atoms with van der Waals surface area (Å²) in [7, 11) is 4.17. The lowest BCUT2D eigenvalue weighted by atomic mass is 9.93. The van der Waals surface area contributed by atoms with E-state index in [1.165, 1.54) is 30.5 Å². The first kappa shape index (κ1) is 12.3. The molecule has 1 aliphatic carbocycles. The van der Waals surface area contributed by atoms with E-state index in [4.69, 9.17) is 0 Å². The molecule has 0 spiro atoms. The molecule has 98 valence electrons. The van der Waals surface area contributed by atoms with Crippen LogP contribution < -0.4 is 4.90 Å². The first-order chi connectivity index (χ1) is 9.24. The first-order valence-electron chi connectivity index (χ1n) is 7.08. The van der Waals surface area contributed by atoms with Gasteiger partial charge in [0.15, 0.2) is 0 Å². The second-order valence-electron chi connectivity index (χ2n) is 5.70. The summed E-state index contributed by atoms with van der Waals surface area (Å²) < 4.78 is 0. The molecule has 19 heavy (non-hydrogen) atoms. The highest BCUT2D eigenvalue weighted by molar-refractivity contribution is 5.46. The maximum Gasteiger partial charge on any atom is 0.0361 e. The average molecular weight is 251 g/mol. The zero-order valence-electron chi connectivity index (χ0n) is 11.8. The predicted octanol–water partition coefficient (Wildman–Crippen LogP) is 4.03. The Labute approximate surface area is 115 Å². The lowest BCUT2D eigenvalue weighted by Gasteiger charge is -2.15. The van der Waals surface area contributed by atoms with E-state index in [0.29, 0.717) is 5.92 Å². The SMILES string of the molecule is CN(C)c1ccc(CC2CCc3ccccc32)cc1. The summed E-state index contributed by atoms with van der Waals surface area (Å²) in [6.45, 7) is 0. The quantitative estimate of drug-likeness (QED) is 0.796. The monoisotopic (exact) mass is 251 g/mol. The van der Waals surface area contributed by atoms with Gasteiger partial charge in [0.25, 0.3) is 0 Å². The highest BCUT2D eigenvalue weighted by atomic mass is 15.1. The molecule has 0 saturated heterocycles. The van der Waals surface area contributed by atoms with Gasteiger partial charge >= 0.3 is 0 Å². The fourth-order valence-electron chi connectivity index (χ4n) is 3.07. The van der Waals surface area contributed by atoms with E-state index in [1.807, 2.05) is 0 Å². The Balaban J connectivity index is 1.76. The van der Waals surface area contributed by atoms with Crippen LogP contribution in [0.25, 0.3) is 0 Å². The molecule has 0 aromatic heterocycles. The summed E-state index contributed by atoms with van der Waals surface area (Å²) >= 11 is 0. The number of hydrogen-bond donors (Lipinski definition) is 0. The number of rotatable bonds is 3. The van der Waals surface area contributed by atoms with Gasteiger partial charge in [-0.2, -0.15) is 0 Å². The minimum Gasteiger partial charge on any atom is -0.378 e. The van der Waals surface area contributed by atoms with Gasteiger partial charge in [-0.25, -0.2) is 0 Å². The molecule has 1 atom stereocenters. The third kappa shape index (κ3) is 2.51. The van der Waals surface area contributed by atoms with Crippen LogP contribution >= 0.6 is 0 Å². The predicted molar refractivity (Wildman–Crippen MR) is 82.0 cm³/mol. The molecule has 0 amide bonds. The summed E-state index contributed by atoms with van der Waals surface area (Å²) in [5.41, 5.74) is 5.85. The molecule has 1 unspecified atom stereocenters. The molecule has 0 bridgehead atoms. The highest BCUT2D eigenvalue weighted by Crippen LogP contribution is 2.35. The molecule has 0 aliphatic heterocycles. The van der Waals surface area contributed by atoms with Crippen LogP contribution in [0.5, 0.6) is 0 Å². The van der Waals surface area contributed by atoms with Crippen molar-refractivity contribution in [3.05, 3.63) is 65.2 Å². The number of fused-ring (bicyclic) bond motifs is 1. The Morgan fingerprint density at radius 2 is 1.74 bits per heavy atom. The minimum atomic E-state index is 0.710. The van der Waals surface area contributed by atoms with E-state index < -0.39 is 0 Å². The molecule has 0 saturated carbocycles. The van der Waals surface area contributed by atoms with E-state index in [0.717, 1.165) is 0 Å². The zero-order chi connectivity index (χ0) is 13.2. The molecule has 0 radical (unpaired) electrons. The smallest absolute Gasteiger partial charge is 0.0361 e. The van der Waals surface area contributed by atoms with Crippen LogP contribution in [0, 0.1) is 0 Å². The average Bonchev–Trinajstić information content (AvgIpc) is 2.83. The van der Waals surface area contributed by atoms with Crippen molar-refractivity contribution in [1.29, 1.82) is 0 Å². The Kier molecular flexibility index (Phi) is 3.29. The van der Waals surface area contributed by atoms with Gasteiger partial charge in [0.1, 0.15) is 0 Å². The van der Waals surface area contributed by atoms with E-state index >= 15 is 0 Å². The second kappa shape index (κ2) is 5.08. The fraction of sp³-hybridized carbons (Fsp3) is 0.333. The van der Waals surface area contributed by atoms with E-state index in [9.17, 15) is 0 Å². The molecule has 0 N–H and O–H groups in total. The molecular formula is C18H21N. The van der Waals surface area contributed by atoms with Crippen LogP contribution in [-0.2, 0) is 12.8 Å². The van der Waals surface area contributed by atoms with Crippen LogP contribution in [0.4, 0.5) is 5.69 Å². The summed E-state index contributed by atoms with van der Waals surface area (Å²) in [5.74, 6) is 0.710. The van der Waals surface area contributed by atoms with E-state index in [2.05, 4.69) is 67.5 Å². The van der Waals surface area contributed by atoms with Crippen molar-refractivity contribution in [2.45, 2.75) is 25.2 Å². The molecule has 1 heteroatoms. The van der Waals surface area contributed by atoms with Crippen LogP contribution in [0.3, 0.4) is 0 Å². The van der Waals surface area contributed by atoms with Crippen LogP contribution in [-0.4, -0.2) is 14.1 Å². The van der Waals surface area contributed by atoms with Crippen molar-refractivity contribution < 1.29 is 0 Å². The van der Waals surface area contributed by atoms with Gasteiger partial charge in [-0.3, -0.25) is 0 Å². The number of anilines is 1. The van der Waals surface area contributed by atoms with Gasteiger partial charge in [-0.05, 0) is 54.0 Å². The van der Waals surface area contributed by atoms with Crippen LogP contribution in [0.2, 0.25) is 0 Å².